The van der Waals surface area contributed by atoms with Crippen molar-refractivity contribution < 1.29 is 24.0 Å². The highest BCUT2D eigenvalue weighted by molar-refractivity contribution is 5.98. The monoisotopic (exact) mass is 344 g/mol. The third-order valence-corrected chi connectivity index (χ3v) is 4.21. The van der Waals surface area contributed by atoms with Gasteiger partial charge < -0.3 is 19.7 Å². The van der Waals surface area contributed by atoms with Gasteiger partial charge in [0.15, 0.2) is 11.9 Å². The lowest BCUT2D eigenvalue weighted by Crippen LogP contribution is -2.30. The van der Waals surface area contributed by atoms with Gasteiger partial charge in [-0.05, 0) is 62.8 Å². The predicted octanol–water partition coefficient (Wildman–Crippen LogP) is 2.75. The van der Waals surface area contributed by atoms with Crippen molar-refractivity contribution in [2.24, 2.45) is 0 Å². The first-order chi connectivity index (χ1) is 11.9. The number of phenols is 1. The zero-order chi connectivity index (χ0) is 18.0. The number of carbonyl (C=O) groups is 2. The summed E-state index contributed by atoms with van der Waals surface area (Å²) in [7, 11) is 0. The zero-order valence-corrected chi connectivity index (χ0v) is 14.2. The molecule has 3 rings (SSSR count). The molecule has 1 aliphatic carbocycles. The summed E-state index contributed by atoms with van der Waals surface area (Å²) in [4.78, 5) is 24.4. The number of nitrogens with zero attached hydrogens (tertiary/aromatic N) is 1. The van der Waals surface area contributed by atoms with E-state index in [1.807, 2.05) is 0 Å². The summed E-state index contributed by atoms with van der Waals surface area (Å²) in [5.74, 6) is -0.574. The number of phenolic OH excluding ortho intramolecular Hbond substituents is 1. The summed E-state index contributed by atoms with van der Waals surface area (Å²) in [5.41, 5.74) is 2.19. The Morgan fingerprint density at radius 3 is 2.56 bits per heavy atom. The highest BCUT2D eigenvalue weighted by atomic mass is 16.5. The molecule has 25 heavy (non-hydrogen) atoms. The van der Waals surface area contributed by atoms with Gasteiger partial charge in [-0.1, -0.05) is 5.16 Å². The lowest BCUT2D eigenvalue weighted by molar-refractivity contribution is -0.123. The molecule has 0 aliphatic heterocycles. The van der Waals surface area contributed by atoms with Crippen LogP contribution < -0.4 is 5.32 Å². The van der Waals surface area contributed by atoms with E-state index in [1.165, 1.54) is 6.92 Å². The lowest BCUT2D eigenvalue weighted by atomic mass is 9.90. The lowest BCUT2D eigenvalue weighted by Gasteiger charge is -2.18. The number of carbonyl (C=O) groups excluding carboxylic acids is 2. The molecule has 1 atom stereocenters. The molecule has 7 heteroatoms. The highest BCUT2D eigenvalue weighted by Gasteiger charge is 2.23. The number of hydrogen-bond donors (Lipinski definition) is 2. The third kappa shape index (κ3) is 3.81. The van der Waals surface area contributed by atoms with E-state index in [4.69, 9.17) is 9.26 Å². The third-order valence-electron chi connectivity index (χ3n) is 4.21. The van der Waals surface area contributed by atoms with Crippen molar-refractivity contribution in [3.05, 3.63) is 40.6 Å². The molecule has 7 nitrogen and oxygen atoms in total. The fourth-order valence-corrected chi connectivity index (χ4v) is 2.87. The Bertz CT molecular complexity index is 812. The fraction of sp³-hybridized carbons (Fsp3) is 0.389. The molecule has 132 valence electrons. The average molecular weight is 344 g/mol. The van der Waals surface area contributed by atoms with Crippen LogP contribution in [0.25, 0.3) is 0 Å². The fourth-order valence-electron chi connectivity index (χ4n) is 2.87. The molecule has 1 amide bonds. The molecule has 0 radical (unpaired) electrons. The minimum Gasteiger partial charge on any atom is -0.507 e. The van der Waals surface area contributed by atoms with Crippen LogP contribution in [0.2, 0.25) is 0 Å². The number of hydrogen-bond acceptors (Lipinski definition) is 6. The van der Waals surface area contributed by atoms with E-state index < -0.39 is 18.0 Å². The molecule has 2 N–H and O–H groups in total. The van der Waals surface area contributed by atoms with Gasteiger partial charge in [-0.25, -0.2) is 4.79 Å². The van der Waals surface area contributed by atoms with Crippen molar-refractivity contribution in [1.29, 1.82) is 0 Å². The van der Waals surface area contributed by atoms with E-state index in [0.29, 0.717) is 5.76 Å². The molecule has 0 unspecified atom stereocenters. The quantitative estimate of drug-likeness (QED) is 0.827. The number of esters is 1. The number of benzene rings is 1. The molecular formula is C18H20N2O5. The Kier molecular flexibility index (Phi) is 4.74. The largest absolute Gasteiger partial charge is 0.507 e. The number of aryl methyl sites for hydroxylation is 3. The number of amides is 1. The minimum absolute atomic E-state index is 0.0811. The molecule has 1 aromatic heterocycles. The Labute approximate surface area is 145 Å². The van der Waals surface area contributed by atoms with Gasteiger partial charge in [0.1, 0.15) is 17.1 Å². The average Bonchev–Trinajstić information content (AvgIpc) is 2.98. The van der Waals surface area contributed by atoms with Crippen LogP contribution in [0.15, 0.2) is 22.7 Å². The molecule has 0 bridgehead atoms. The number of rotatable bonds is 4. The second-order valence-corrected chi connectivity index (χ2v) is 6.20. The molecule has 1 aliphatic rings. The van der Waals surface area contributed by atoms with Crippen LogP contribution in [-0.4, -0.2) is 28.2 Å². The summed E-state index contributed by atoms with van der Waals surface area (Å²) in [6, 6.07) is 4.84. The topological polar surface area (TPSA) is 102 Å². The Morgan fingerprint density at radius 1 is 1.24 bits per heavy atom. The van der Waals surface area contributed by atoms with Gasteiger partial charge in [0, 0.05) is 6.07 Å². The van der Waals surface area contributed by atoms with Gasteiger partial charge in [-0.3, -0.25) is 4.79 Å². The maximum Gasteiger partial charge on any atom is 0.342 e. The summed E-state index contributed by atoms with van der Waals surface area (Å²) in [6.07, 6.45) is 2.86. The first kappa shape index (κ1) is 17.0. The van der Waals surface area contributed by atoms with Crippen LogP contribution in [0.4, 0.5) is 5.82 Å². The molecular weight excluding hydrogens is 324 g/mol. The van der Waals surface area contributed by atoms with Crippen LogP contribution in [-0.2, 0) is 22.4 Å². The van der Waals surface area contributed by atoms with Crippen LogP contribution in [0.5, 0.6) is 5.75 Å². The number of ether oxygens (including phenoxy) is 1. The maximum absolute atomic E-state index is 12.3. The van der Waals surface area contributed by atoms with Crippen LogP contribution in [0.3, 0.4) is 0 Å². The summed E-state index contributed by atoms with van der Waals surface area (Å²) < 4.78 is 10.0. The smallest absolute Gasteiger partial charge is 0.342 e. The van der Waals surface area contributed by atoms with Crippen LogP contribution in [0, 0.1) is 6.92 Å². The Hall–Kier alpha value is -2.83. The van der Waals surface area contributed by atoms with Crippen LogP contribution >= 0.6 is 0 Å². The number of aromatic nitrogens is 1. The standard InChI is InChI=1S/C18H20N2O5/c1-10-7-16(20-25-10)19-17(22)11(2)24-18(23)14-8-12-5-3-4-6-13(12)9-15(14)21/h7-9,11,21H,3-6H2,1-2H3,(H,19,20,22)/t11-/m1/s1. The second-order valence-electron chi connectivity index (χ2n) is 6.20. The predicted molar refractivity (Wildman–Crippen MR) is 89.5 cm³/mol. The van der Waals surface area contributed by atoms with Gasteiger partial charge in [0.25, 0.3) is 5.91 Å². The van der Waals surface area contributed by atoms with E-state index in [9.17, 15) is 14.7 Å². The molecule has 1 aromatic carbocycles. The summed E-state index contributed by atoms with van der Waals surface area (Å²) in [6.45, 7) is 3.15. The van der Waals surface area contributed by atoms with E-state index in [2.05, 4.69) is 10.5 Å². The number of anilines is 1. The van der Waals surface area contributed by atoms with E-state index >= 15 is 0 Å². The Balaban J connectivity index is 1.68. The first-order valence-corrected chi connectivity index (χ1v) is 8.24. The zero-order valence-electron chi connectivity index (χ0n) is 14.2. The minimum atomic E-state index is -1.04. The van der Waals surface area contributed by atoms with E-state index in [-0.39, 0.29) is 17.1 Å². The summed E-state index contributed by atoms with van der Waals surface area (Å²) in [5, 5.41) is 16.3. The van der Waals surface area contributed by atoms with Crippen molar-refractivity contribution in [3.8, 4) is 5.75 Å². The first-order valence-electron chi connectivity index (χ1n) is 8.24. The number of nitrogens with one attached hydrogen (secondary N) is 1. The van der Waals surface area contributed by atoms with Gasteiger partial charge in [0.2, 0.25) is 0 Å². The normalized spacial score (nSPS) is 14.5. The highest BCUT2D eigenvalue weighted by Crippen LogP contribution is 2.29. The van der Waals surface area contributed by atoms with Crippen molar-refractivity contribution >= 4 is 17.7 Å². The van der Waals surface area contributed by atoms with Crippen molar-refractivity contribution in [2.75, 3.05) is 5.32 Å². The summed E-state index contributed by atoms with van der Waals surface area (Å²) >= 11 is 0. The number of fused-ring (bicyclic) bond motifs is 1. The van der Waals surface area contributed by atoms with Gasteiger partial charge in [-0.15, -0.1) is 0 Å². The van der Waals surface area contributed by atoms with Gasteiger partial charge in [-0.2, -0.15) is 0 Å². The van der Waals surface area contributed by atoms with Crippen LogP contribution in [0.1, 0.15) is 47.0 Å². The maximum atomic E-state index is 12.3. The van der Waals surface area contributed by atoms with Gasteiger partial charge >= 0.3 is 5.97 Å². The Morgan fingerprint density at radius 2 is 1.92 bits per heavy atom. The molecule has 0 saturated carbocycles. The van der Waals surface area contributed by atoms with E-state index in [0.717, 1.165) is 36.8 Å². The van der Waals surface area contributed by atoms with Crippen molar-refractivity contribution in [1.82, 2.24) is 5.16 Å². The second kappa shape index (κ2) is 6.96. The van der Waals surface area contributed by atoms with E-state index in [1.54, 1.807) is 25.1 Å². The SMILES string of the molecule is Cc1cc(NC(=O)[C@@H](C)OC(=O)c2cc3c(cc2O)CCCC3)no1. The number of aromatic hydroxyl groups is 1. The van der Waals surface area contributed by atoms with Gasteiger partial charge in [0.05, 0.1) is 0 Å². The molecule has 2 aromatic rings. The van der Waals surface area contributed by atoms with Crippen molar-refractivity contribution in [2.45, 2.75) is 45.6 Å². The molecule has 0 spiro atoms. The molecule has 1 heterocycles. The van der Waals surface area contributed by atoms with Crippen molar-refractivity contribution in [3.63, 3.8) is 0 Å². The molecule has 0 saturated heterocycles. The molecule has 0 fully saturated rings.